The summed E-state index contributed by atoms with van der Waals surface area (Å²) in [5.74, 6) is -0.857. The molecule has 0 aliphatic heterocycles. The van der Waals surface area contributed by atoms with Gasteiger partial charge in [0.25, 0.3) is 0 Å². The van der Waals surface area contributed by atoms with E-state index in [9.17, 15) is 9.90 Å². The van der Waals surface area contributed by atoms with E-state index in [2.05, 4.69) is 4.98 Å². The molecule has 3 aromatic rings. The van der Waals surface area contributed by atoms with Gasteiger partial charge in [0.2, 0.25) is 0 Å². The molecule has 0 aliphatic carbocycles. The first-order chi connectivity index (χ1) is 10.0. The fraction of sp³-hybridized carbons (Fsp3) is 0.118. The van der Waals surface area contributed by atoms with E-state index in [0.717, 1.165) is 33.3 Å². The van der Waals surface area contributed by atoms with Crippen LogP contribution in [-0.2, 0) is 11.2 Å². The van der Waals surface area contributed by atoms with E-state index in [-0.39, 0.29) is 6.42 Å². The lowest BCUT2D eigenvalue weighted by Crippen LogP contribution is -2.01. The highest BCUT2D eigenvalue weighted by molar-refractivity contribution is 6.31. The van der Waals surface area contributed by atoms with Crippen molar-refractivity contribution >= 4 is 28.5 Å². The summed E-state index contributed by atoms with van der Waals surface area (Å²) in [5.41, 5.74) is 4.63. The molecule has 1 heterocycles. The van der Waals surface area contributed by atoms with Gasteiger partial charge in [0, 0.05) is 15.9 Å². The quantitative estimate of drug-likeness (QED) is 0.752. The molecular formula is C17H14ClNO2. The van der Waals surface area contributed by atoms with Crippen LogP contribution in [0.15, 0.2) is 42.5 Å². The molecule has 0 aliphatic rings. The number of H-pyrrole nitrogens is 1. The van der Waals surface area contributed by atoms with Crippen molar-refractivity contribution in [2.75, 3.05) is 0 Å². The number of hydrogen-bond donors (Lipinski definition) is 2. The third-order valence-electron chi connectivity index (χ3n) is 3.50. The minimum atomic E-state index is -0.857. The van der Waals surface area contributed by atoms with Crippen molar-refractivity contribution in [3.8, 4) is 11.3 Å². The van der Waals surface area contributed by atoms with Gasteiger partial charge in [0.05, 0.1) is 12.1 Å². The van der Waals surface area contributed by atoms with E-state index >= 15 is 0 Å². The van der Waals surface area contributed by atoms with Crippen molar-refractivity contribution in [3.05, 3.63) is 58.6 Å². The molecule has 0 saturated heterocycles. The second-order valence-corrected chi connectivity index (χ2v) is 5.54. The van der Waals surface area contributed by atoms with Crippen LogP contribution in [0.1, 0.15) is 11.1 Å². The molecule has 0 fully saturated rings. The maximum absolute atomic E-state index is 11.2. The van der Waals surface area contributed by atoms with Crippen LogP contribution in [0.2, 0.25) is 5.02 Å². The molecule has 0 spiro atoms. The predicted octanol–water partition coefficient (Wildman–Crippen LogP) is 4.42. The fourth-order valence-electron chi connectivity index (χ4n) is 2.60. The molecule has 0 bridgehead atoms. The van der Waals surface area contributed by atoms with Crippen LogP contribution < -0.4 is 0 Å². The molecule has 1 aromatic heterocycles. The Labute approximate surface area is 127 Å². The largest absolute Gasteiger partial charge is 0.481 e. The van der Waals surface area contributed by atoms with Gasteiger partial charge in [0.15, 0.2) is 0 Å². The van der Waals surface area contributed by atoms with Crippen LogP contribution in [0.3, 0.4) is 0 Å². The topological polar surface area (TPSA) is 53.1 Å². The summed E-state index contributed by atoms with van der Waals surface area (Å²) in [4.78, 5) is 14.5. The van der Waals surface area contributed by atoms with Gasteiger partial charge in [-0.25, -0.2) is 0 Å². The summed E-state index contributed by atoms with van der Waals surface area (Å²) in [6.45, 7) is 2.01. The monoisotopic (exact) mass is 299 g/mol. The van der Waals surface area contributed by atoms with Crippen LogP contribution in [0.25, 0.3) is 22.2 Å². The van der Waals surface area contributed by atoms with Gasteiger partial charge in [0.1, 0.15) is 0 Å². The van der Waals surface area contributed by atoms with Gasteiger partial charge >= 0.3 is 5.97 Å². The third kappa shape index (κ3) is 2.65. The van der Waals surface area contributed by atoms with Gasteiger partial charge < -0.3 is 10.1 Å². The number of aryl methyl sites for hydroxylation is 1. The first-order valence-corrected chi connectivity index (χ1v) is 7.01. The molecule has 0 atom stereocenters. The van der Waals surface area contributed by atoms with E-state index in [1.807, 2.05) is 43.3 Å². The number of benzene rings is 2. The molecule has 106 valence electrons. The van der Waals surface area contributed by atoms with Crippen LogP contribution >= 0.6 is 11.6 Å². The van der Waals surface area contributed by atoms with Crippen molar-refractivity contribution in [1.82, 2.24) is 4.98 Å². The zero-order valence-electron chi connectivity index (χ0n) is 11.5. The molecule has 2 aromatic carbocycles. The Morgan fingerprint density at radius 1 is 1.24 bits per heavy atom. The number of carbonyl (C=O) groups is 1. The second kappa shape index (κ2) is 5.26. The number of carboxylic acids is 1. The highest BCUT2D eigenvalue weighted by Crippen LogP contribution is 2.32. The molecule has 0 amide bonds. The minimum absolute atomic E-state index is 0.0381. The molecule has 0 saturated carbocycles. The third-order valence-corrected chi connectivity index (χ3v) is 3.74. The summed E-state index contributed by atoms with van der Waals surface area (Å²) in [6.07, 6.45) is -0.0381. The van der Waals surface area contributed by atoms with Crippen molar-refractivity contribution in [2.24, 2.45) is 0 Å². The smallest absolute Gasteiger partial charge is 0.307 e. The summed E-state index contributed by atoms with van der Waals surface area (Å²) in [5, 5.41) is 10.7. The van der Waals surface area contributed by atoms with E-state index in [4.69, 9.17) is 11.6 Å². The number of nitrogens with one attached hydrogen (secondary N) is 1. The van der Waals surface area contributed by atoms with Crippen molar-refractivity contribution in [1.29, 1.82) is 0 Å². The number of aliphatic carboxylic acids is 1. The van der Waals surface area contributed by atoms with Gasteiger partial charge in [-0.05, 0) is 42.3 Å². The highest BCUT2D eigenvalue weighted by Gasteiger charge is 2.16. The van der Waals surface area contributed by atoms with Crippen LogP contribution in [0.4, 0.5) is 0 Å². The Morgan fingerprint density at radius 3 is 2.76 bits per heavy atom. The second-order valence-electron chi connectivity index (χ2n) is 5.11. The first kappa shape index (κ1) is 13.7. The Kier molecular flexibility index (Phi) is 3.43. The number of aromatic nitrogens is 1. The summed E-state index contributed by atoms with van der Waals surface area (Å²) >= 11 is 6.05. The van der Waals surface area contributed by atoms with Crippen LogP contribution in [0.5, 0.6) is 0 Å². The highest BCUT2D eigenvalue weighted by atomic mass is 35.5. The number of fused-ring (bicyclic) bond motifs is 1. The Morgan fingerprint density at radius 2 is 2.05 bits per heavy atom. The summed E-state index contributed by atoms with van der Waals surface area (Å²) in [6, 6.07) is 13.5. The van der Waals surface area contributed by atoms with Crippen molar-refractivity contribution < 1.29 is 9.90 Å². The fourth-order valence-corrected chi connectivity index (χ4v) is 2.77. The Hall–Kier alpha value is -2.26. The first-order valence-electron chi connectivity index (χ1n) is 6.63. The average Bonchev–Trinajstić information content (AvgIpc) is 2.76. The van der Waals surface area contributed by atoms with Crippen LogP contribution in [-0.4, -0.2) is 16.1 Å². The molecular weight excluding hydrogens is 286 g/mol. The molecule has 0 radical (unpaired) electrons. The molecule has 21 heavy (non-hydrogen) atoms. The molecule has 4 heteroatoms. The zero-order valence-corrected chi connectivity index (χ0v) is 12.2. The molecule has 0 unspecified atom stereocenters. The summed E-state index contributed by atoms with van der Waals surface area (Å²) in [7, 11) is 0. The van der Waals surface area contributed by atoms with Crippen molar-refractivity contribution in [3.63, 3.8) is 0 Å². The lowest BCUT2D eigenvalue weighted by Gasteiger charge is -2.04. The number of carboxylic acid groups (broad SMARTS) is 1. The number of aromatic amines is 1. The maximum Gasteiger partial charge on any atom is 0.307 e. The standard InChI is InChI=1S/C17H14ClNO2/c1-10-3-2-4-11(7-10)17-14(9-16(20)21)13-8-12(18)5-6-15(13)19-17/h2-8,19H,9H2,1H3,(H,20,21). The Bertz CT molecular complexity index is 836. The lowest BCUT2D eigenvalue weighted by molar-refractivity contribution is -0.136. The number of hydrogen-bond acceptors (Lipinski definition) is 1. The Balaban J connectivity index is 2.28. The molecule has 3 nitrogen and oxygen atoms in total. The van der Waals surface area contributed by atoms with Crippen molar-refractivity contribution in [2.45, 2.75) is 13.3 Å². The van der Waals surface area contributed by atoms with Crippen LogP contribution in [0, 0.1) is 6.92 Å². The molecule has 3 rings (SSSR count). The SMILES string of the molecule is Cc1cccc(-c2[nH]c3ccc(Cl)cc3c2CC(=O)O)c1. The maximum atomic E-state index is 11.2. The van der Waals surface area contributed by atoms with Gasteiger partial charge in [-0.2, -0.15) is 0 Å². The van der Waals surface area contributed by atoms with E-state index in [0.29, 0.717) is 5.02 Å². The number of halogens is 1. The molecule has 2 N–H and O–H groups in total. The minimum Gasteiger partial charge on any atom is -0.481 e. The average molecular weight is 300 g/mol. The summed E-state index contributed by atoms with van der Waals surface area (Å²) < 4.78 is 0. The van der Waals surface area contributed by atoms with Gasteiger partial charge in [-0.3, -0.25) is 4.79 Å². The van der Waals surface area contributed by atoms with E-state index < -0.39 is 5.97 Å². The van der Waals surface area contributed by atoms with E-state index in [1.165, 1.54) is 0 Å². The van der Waals surface area contributed by atoms with Gasteiger partial charge in [-0.15, -0.1) is 0 Å². The lowest BCUT2D eigenvalue weighted by atomic mass is 10.0. The number of rotatable bonds is 3. The normalized spacial score (nSPS) is 11.0. The van der Waals surface area contributed by atoms with E-state index in [1.54, 1.807) is 6.07 Å². The zero-order chi connectivity index (χ0) is 15.0. The predicted molar refractivity (Wildman–Crippen MR) is 84.8 cm³/mol. The van der Waals surface area contributed by atoms with Gasteiger partial charge in [-0.1, -0.05) is 35.4 Å².